The Balaban J connectivity index is 0.00000166. The summed E-state index contributed by atoms with van der Waals surface area (Å²) in [6, 6.07) is 3.92. The molecule has 2 atom stereocenters. The van der Waals surface area contributed by atoms with Crippen LogP contribution in [0.5, 0.6) is 0 Å². The lowest BCUT2D eigenvalue weighted by molar-refractivity contribution is -0.143. The molecule has 3 rings (SSSR count). The first kappa shape index (κ1) is 24.7. The number of carboxylic acid groups (broad SMARTS) is 1. The van der Waals surface area contributed by atoms with Gasteiger partial charge >= 0.3 is 5.97 Å². The molecule has 0 saturated carbocycles. The third kappa shape index (κ3) is 6.46. The number of hydrogen-bond donors (Lipinski definition) is 3. The molecule has 9 nitrogen and oxygen atoms in total. The summed E-state index contributed by atoms with van der Waals surface area (Å²) >= 11 is 0. The highest BCUT2D eigenvalue weighted by molar-refractivity contribution is 5.71. The molecule has 9 heteroatoms. The minimum Gasteiger partial charge on any atom is -0.481 e. The van der Waals surface area contributed by atoms with E-state index < -0.39 is 17.5 Å². The van der Waals surface area contributed by atoms with Crippen LogP contribution in [0.3, 0.4) is 0 Å². The number of tetrazole rings is 1. The SMILES string of the molecule is CC.CC(C)C[C@H](C(=O)O)[C@H](Cc1ccc(N2CC(C(C)(C)O)C2)nc1)c1nn[nH]n1. The zero-order valence-electron chi connectivity index (χ0n) is 19.4. The number of aliphatic carboxylic acids is 1. The summed E-state index contributed by atoms with van der Waals surface area (Å²) in [5, 5.41) is 34.0. The van der Waals surface area contributed by atoms with Crippen LogP contribution in [0.25, 0.3) is 0 Å². The molecule has 0 spiro atoms. The molecule has 172 valence electrons. The Morgan fingerprint density at radius 1 is 1.29 bits per heavy atom. The molecule has 1 fully saturated rings. The molecule has 0 amide bonds. The van der Waals surface area contributed by atoms with Crippen molar-refractivity contribution >= 4 is 11.8 Å². The summed E-state index contributed by atoms with van der Waals surface area (Å²) in [5.41, 5.74) is 0.245. The van der Waals surface area contributed by atoms with Crippen molar-refractivity contribution in [2.75, 3.05) is 18.0 Å². The quantitative estimate of drug-likeness (QED) is 0.552. The lowest BCUT2D eigenvalue weighted by Crippen LogP contribution is -2.56. The first-order valence-corrected chi connectivity index (χ1v) is 11.0. The van der Waals surface area contributed by atoms with E-state index in [0.717, 1.165) is 24.5 Å². The molecule has 1 aliphatic heterocycles. The number of pyridine rings is 1. The van der Waals surface area contributed by atoms with Crippen molar-refractivity contribution in [1.82, 2.24) is 25.6 Å². The number of nitrogens with one attached hydrogen (secondary N) is 1. The summed E-state index contributed by atoms with van der Waals surface area (Å²) in [7, 11) is 0. The summed E-state index contributed by atoms with van der Waals surface area (Å²) in [6.07, 6.45) is 2.79. The van der Waals surface area contributed by atoms with E-state index in [-0.39, 0.29) is 17.8 Å². The number of aromatic nitrogens is 5. The van der Waals surface area contributed by atoms with E-state index in [9.17, 15) is 15.0 Å². The van der Waals surface area contributed by atoms with E-state index >= 15 is 0 Å². The van der Waals surface area contributed by atoms with Crippen molar-refractivity contribution in [1.29, 1.82) is 0 Å². The van der Waals surface area contributed by atoms with Crippen molar-refractivity contribution in [3.05, 3.63) is 29.7 Å². The van der Waals surface area contributed by atoms with E-state index in [0.29, 0.717) is 18.7 Å². The number of carboxylic acids is 1. The smallest absolute Gasteiger partial charge is 0.307 e. The average Bonchev–Trinajstić information content (AvgIpc) is 3.19. The van der Waals surface area contributed by atoms with Gasteiger partial charge in [0.25, 0.3) is 0 Å². The molecular weight excluding hydrogens is 396 g/mol. The summed E-state index contributed by atoms with van der Waals surface area (Å²) < 4.78 is 0. The van der Waals surface area contributed by atoms with Crippen LogP contribution in [0.15, 0.2) is 18.3 Å². The van der Waals surface area contributed by atoms with E-state index in [2.05, 4.69) is 30.5 Å². The minimum atomic E-state index is -0.851. The van der Waals surface area contributed by atoms with Crippen LogP contribution in [-0.4, -0.2) is 60.5 Å². The van der Waals surface area contributed by atoms with Gasteiger partial charge in [0, 0.05) is 31.1 Å². The first-order valence-electron chi connectivity index (χ1n) is 11.0. The number of aliphatic hydroxyl groups is 1. The van der Waals surface area contributed by atoms with Crippen LogP contribution in [0, 0.1) is 17.8 Å². The van der Waals surface area contributed by atoms with Crippen LogP contribution in [0.4, 0.5) is 5.82 Å². The van der Waals surface area contributed by atoms with Gasteiger partial charge in [0.05, 0.1) is 11.5 Å². The van der Waals surface area contributed by atoms with Gasteiger partial charge in [0.1, 0.15) is 5.82 Å². The van der Waals surface area contributed by atoms with Gasteiger partial charge in [-0.05, 0) is 44.2 Å². The second-order valence-corrected chi connectivity index (χ2v) is 8.94. The number of nitrogens with zero attached hydrogens (tertiary/aromatic N) is 5. The average molecular weight is 433 g/mol. The largest absolute Gasteiger partial charge is 0.481 e. The standard InChI is InChI=1S/C20H30N6O3.C2H6/c1-12(2)7-16(19(27)28)15(18-22-24-25-23-18)8-13-5-6-17(21-9-13)26-10-14(11-26)20(3,4)29;1-2/h5-6,9,12,14-16,29H,7-8,10-11H2,1-4H3,(H,27,28)(H,22,23,24,25);1-2H3/t15-,16-;/m0./s1. The third-order valence-corrected chi connectivity index (χ3v) is 5.69. The molecule has 0 aromatic carbocycles. The second-order valence-electron chi connectivity index (χ2n) is 8.94. The number of anilines is 1. The van der Waals surface area contributed by atoms with Crippen LogP contribution < -0.4 is 4.90 Å². The fourth-order valence-corrected chi connectivity index (χ4v) is 3.78. The Hall–Kier alpha value is -2.55. The summed E-state index contributed by atoms with van der Waals surface area (Å²) in [4.78, 5) is 18.6. The second kappa shape index (κ2) is 10.7. The number of carbonyl (C=O) groups is 1. The Morgan fingerprint density at radius 2 is 1.97 bits per heavy atom. The molecular formula is C22H36N6O3. The molecule has 0 unspecified atom stereocenters. The monoisotopic (exact) mass is 432 g/mol. The number of aromatic amines is 1. The Bertz CT molecular complexity index is 796. The lowest BCUT2D eigenvalue weighted by Gasteiger charge is -2.45. The van der Waals surface area contributed by atoms with E-state index in [1.807, 2.05) is 53.7 Å². The maximum atomic E-state index is 11.9. The lowest BCUT2D eigenvalue weighted by atomic mass is 9.81. The van der Waals surface area contributed by atoms with Crippen molar-refractivity contribution in [3.8, 4) is 0 Å². The highest BCUT2D eigenvalue weighted by atomic mass is 16.4. The molecule has 31 heavy (non-hydrogen) atoms. The van der Waals surface area contributed by atoms with Gasteiger partial charge < -0.3 is 15.1 Å². The highest BCUT2D eigenvalue weighted by Gasteiger charge is 2.38. The van der Waals surface area contributed by atoms with E-state index in [1.165, 1.54) is 0 Å². The maximum Gasteiger partial charge on any atom is 0.307 e. The highest BCUT2D eigenvalue weighted by Crippen LogP contribution is 2.33. The zero-order valence-corrected chi connectivity index (χ0v) is 19.4. The molecule has 1 saturated heterocycles. The van der Waals surface area contributed by atoms with Crippen LogP contribution in [-0.2, 0) is 11.2 Å². The molecule has 0 bridgehead atoms. The molecule has 0 aliphatic carbocycles. The predicted molar refractivity (Wildman–Crippen MR) is 119 cm³/mol. The normalized spacial score (nSPS) is 16.3. The summed E-state index contributed by atoms with van der Waals surface area (Å²) in [6.45, 7) is 13.2. The van der Waals surface area contributed by atoms with Gasteiger partial charge in [-0.25, -0.2) is 4.98 Å². The molecule has 1 aliphatic rings. The van der Waals surface area contributed by atoms with Gasteiger partial charge in [-0.3, -0.25) is 4.79 Å². The fourth-order valence-electron chi connectivity index (χ4n) is 3.78. The minimum absolute atomic E-state index is 0.235. The van der Waals surface area contributed by atoms with E-state index in [1.54, 1.807) is 6.20 Å². The number of hydrogen-bond acceptors (Lipinski definition) is 7. The van der Waals surface area contributed by atoms with Crippen LogP contribution in [0.2, 0.25) is 0 Å². The van der Waals surface area contributed by atoms with Gasteiger partial charge in [-0.1, -0.05) is 39.0 Å². The van der Waals surface area contributed by atoms with Crippen molar-refractivity contribution in [2.24, 2.45) is 17.8 Å². The fraction of sp³-hybridized carbons (Fsp3) is 0.682. The van der Waals surface area contributed by atoms with Gasteiger partial charge in [0.15, 0.2) is 5.82 Å². The zero-order chi connectivity index (χ0) is 23.2. The topological polar surface area (TPSA) is 128 Å². The maximum absolute atomic E-state index is 11.9. The van der Waals surface area contributed by atoms with E-state index in [4.69, 9.17) is 0 Å². The summed E-state index contributed by atoms with van der Waals surface area (Å²) in [5.74, 6) is -0.0864. The van der Waals surface area contributed by atoms with Gasteiger partial charge in [-0.2, -0.15) is 5.21 Å². The van der Waals surface area contributed by atoms with Crippen molar-refractivity contribution in [2.45, 2.75) is 65.9 Å². The molecule has 2 aromatic heterocycles. The molecule has 3 heterocycles. The first-order chi connectivity index (χ1) is 14.6. The van der Waals surface area contributed by atoms with Gasteiger partial charge in [0.2, 0.25) is 0 Å². The molecule has 0 radical (unpaired) electrons. The van der Waals surface area contributed by atoms with Crippen molar-refractivity contribution in [3.63, 3.8) is 0 Å². The number of H-pyrrole nitrogens is 1. The Morgan fingerprint density at radius 3 is 2.42 bits per heavy atom. The predicted octanol–water partition coefficient (Wildman–Crippen LogP) is 2.90. The Kier molecular flexibility index (Phi) is 8.50. The third-order valence-electron chi connectivity index (χ3n) is 5.69. The van der Waals surface area contributed by atoms with Gasteiger partial charge in [-0.15, -0.1) is 10.2 Å². The van der Waals surface area contributed by atoms with Crippen molar-refractivity contribution < 1.29 is 15.0 Å². The Labute approximate surface area is 184 Å². The molecule has 3 N–H and O–H groups in total. The van der Waals surface area contributed by atoms with Crippen LogP contribution >= 0.6 is 0 Å². The number of rotatable bonds is 9. The van der Waals surface area contributed by atoms with Crippen LogP contribution in [0.1, 0.15) is 65.3 Å². The molecule has 2 aromatic rings.